The minimum atomic E-state index is -5.27. The molecule has 9 nitrogen and oxygen atoms in total. The Bertz CT molecular complexity index is 564. The summed E-state index contributed by atoms with van der Waals surface area (Å²) in [4.78, 5) is 53.8. The molecule has 1 rings (SSSR count). The van der Waals surface area contributed by atoms with Crippen molar-refractivity contribution in [2.24, 2.45) is 0 Å². The average Bonchev–Trinajstić information content (AvgIpc) is 2.12. The fourth-order valence-corrected chi connectivity index (χ4v) is 5.04. The van der Waals surface area contributed by atoms with Crippen molar-refractivity contribution in [1.82, 2.24) is 0 Å². The highest BCUT2D eigenvalue weighted by Gasteiger charge is 2.38. The molecule has 0 saturated carbocycles. The van der Waals surface area contributed by atoms with Crippen molar-refractivity contribution in [3.05, 3.63) is 18.2 Å². The Morgan fingerprint density at radius 1 is 0.667 bits per heavy atom. The summed E-state index contributed by atoms with van der Waals surface area (Å²) in [5.41, 5.74) is 0. The fourth-order valence-electron chi connectivity index (χ4n) is 1.29. The van der Waals surface area contributed by atoms with Crippen LogP contribution in [-0.2, 0) is 13.7 Å². The van der Waals surface area contributed by atoms with Gasteiger partial charge in [0.2, 0.25) is 0 Å². The van der Waals surface area contributed by atoms with Crippen LogP contribution in [0.2, 0.25) is 0 Å². The molecule has 0 fully saturated rings. The molecule has 6 N–H and O–H groups in total. The first kappa shape index (κ1) is 15.7. The van der Waals surface area contributed by atoms with Gasteiger partial charge in [-0.25, -0.2) is 0 Å². The number of benzene rings is 1. The summed E-state index contributed by atoms with van der Waals surface area (Å²) >= 11 is 0. The summed E-state index contributed by atoms with van der Waals surface area (Å²) in [5, 5.41) is -3.53. The van der Waals surface area contributed by atoms with Gasteiger partial charge < -0.3 is 29.4 Å². The molecule has 1 aromatic carbocycles. The van der Waals surface area contributed by atoms with Gasteiger partial charge in [-0.3, -0.25) is 13.7 Å². The molecule has 0 aliphatic rings. The van der Waals surface area contributed by atoms with Crippen molar-refractivity contribution in [3.63, 3.8) is 0 Å². The van der Waals surface area contributed by atoms with Gasteiger partial charge in [-0.1, -0.05) is 6.07 Å². The molecule has 0 radical (unpaired) electrons. The van der Waals surface area contributed by atoms with Crippen LogP contribution in [0, 0.1) is 0 Å². The second-order valence-electron chi connectivity index (χ2n) is 3.28. The van der Waals surface area contributed by atoms with Gasteiger partial charge in [-0.15, -0.1) is 0 Å². The number of rotatable bonds is 3. The van der Waals surface area contributed by atoms with Crippen LogP contribution < -0.4 is 15.9 Å². The topological polar surface area (TPSA) is 173 Å². The van der Waals surface area contributed by atoms with Crippen molar-refractivity contribution in [2.75, 3.05) is 0 Å². The fraction of sp³-hybridized carbons (Fsp3) is 0. The summed E-state index contributed by atoms with van der Waals surface area (Å²) in [6.45, 7) is 0. The minimum absolute atomic E-state index is 0.703. The summed E-state index contributed by atoms with van der Waals surface area (Å²) in [5.74, 6) is 0. The Labute approximate surface area is 101 Å². The van der Waals surface area contributed by atoms with E-state index in [1.807, 2.05) is 0 Å². The molecule has 0 saturated heterocycles. The number of hydrogen-bond donors (Lipinski definition) is 6. The summed E-state index contributed by atoms with van der Waals surface area (Å²) in [7, 11) is -15.4. The summed E-state index contributed by atoms with van der Waals surface area (Å²) in [6, 6.07) is 2.30. The second kappa shape index (κ2) is 4.65. The molecule has 12 heteroatoms. The monoisotopic (exact) mass is 318 g/mol. The molecule has 0 aliphatic heterocycles. The van der Waals surface area contributed by atoms with Crippen molar-refractivity contribution < 1.29 is 43.1 Å². The Hall–Kier alpha value is -0.330. The SMILES string of the molecule is O=P(O)(O)c1cccc(P(=O)(O)O)c1P(=O)(O)O. The van der Waals surface area contributed by atoms with Crippen LogP contribution in [0.4, 0.5) is 0 Å². The maximum absolute atomic E-state index is 11.2. The lowest BCUT2D eigenvalue weighted by atomic mass is 10.4. The van der Waals surface area contributed by atoms with E-state index in [0.29, 0.717) is 12.1 Å². The Balaban J connectivity index is 3.85. The van der Waals surface area contributed by atoms with Crippen LogP contribution in [0.1, 0.15) is 0 Å². The van der Waals surface area contributed by atoms with Gasteiger partial charge in [0, 0.05) is 0 Å². The Kier molecular flexibility index (Phi) is 4.06. The third kappa shape index (κ3) is 3.36. The molecule has 0 spiro atoms. The molecule has 0 aliphatic carbocycles. The van der Waals surface area contributed by atoms with E-state index in [2.05, 4.69) is 0 Å². The summed E-state index contributed by atoms with van der Waals surface area (Å²) < 4.78 is 33.3. The third-order valence-electron chi connectivity index (χ3n) is 1.91. The Morgan fingerprint density at radius 2 is 1.00 bits per heavy atom. The zero-order valence-corrected chi connectivity index (χ0v) is 11.2. The smallest absolute Gasteiger partial charge is 0.321 e. The van der Waals surface area contributed by atoms with Crippen molar-refractivity contribution >= 4 is 38.7 Å². The maximum Gasteiger partial charge on any atom is 0.358 e. The normalized spacial score (nSPS) is 13.7. The standard InChI is InChI=1S/C6H9O9P3/c7-16(8,9)4-2-1-3-5(17(10,11)12)6(4)18(13,14)15/h1-3H,(H2,7,8,9)(H2,10,11,12)(H2,13,14,15). The van der Waals surface area contributed by atoms with E-state index in [1.165, 1.54) is 0 Å². The van der Waals surface area contributed by atoms with E-state index >= 15 is 0 Å². The van der Waals surface area contributed by atoms with Gasteiger partial charge in [-0.05, 0) is 12.1 Å². The molecule has 0 bridgehead atoms. The molecular formula is C6H9O9P3. The van der Waals surface area contributed by atoms with E-state index < -0.39 is 38.7 Å². The predicted molar refractivity (Wildman–Crippen MR) is 61.5 cm³/mol. The average molecular weight is 318 g/mol. The molecule has 102 valence electrons. The number of hydrogen-bond acceptors (Lipinski definition) is 3. The zero-order chi connectivity index (χ0) is 14.4. The van der Waals surface area contributed by atoms with E-state index in [4.69, 9.17) is 29.4 Å². The maximum atomic E-state index is 11.2. The Morgan fingerprint density at radius 3 is 1.22 bits per heavy atom. The predicted octanol–water partition coefficient (Wildman–Crippen LogP) is -1.90. The third-order valence-corrected chi connectivity index (χ3v) is 5.33. The lowest BCUT2D eigenvalue weighted by Gasteiger charge is -2.16. The van der Waals surface area contributed by atoms with Crippen molar-refractivity contribution in [2.45, 2.75) is 0 Å². The van der Waals surface area contributed by atoms with E-state index in [-0.39, 0.29) is 0 Å². The summed E-state index contributed by atoms with van der Waals surface area (Å²) in [6.07, 6.45) is 0. The highest BCUT2D eigenvalue weighted by molar-refractivity contribution is 7.70. The first-order chi connectivity index (χ1) is 7.85. The van der Waals surface area contributed by atoms with Gasteiger partial charge >= 0.3 is 22.8 Å². The molecule has 0 atom stereocenters. The molecule has 0 amide bonds. The van der Waals surface area contributed by atoms with Crippen LogP contribution in [0.15, 0.2) is 18.2 Å². The first-order valence-corrected chi connectivity index (χ1v) is 9.00. The van der Waals surface area contributed by atoms with Gasteiger partial charge in [0.25, 0.3) is 0 Å². The molecular weight excluding hydrogens is 309 g/mol. The van der Waals surface area contributed by atoms with Crippen molar-refractivity contribution in [1.29, 1.82) is 0 Å². The minimum Gasteiger partial charge on any atom is -0.321 e. The van der Waals surface area contributed by atoms with Crippen LogP contribution in [-0.4, -0.2) is 29.4 Å². The van der Waals surface area contributed by atoms with Gasteiger partial charge in [-0.2, -0.15) is 0 Å². The molecule has 0 unspecified atom stereocenters. The lowest BCUT2D eigenvalue weighted by molar-refractivity contribution is 0.379. The van der Waals surface area contributed by atoms with Crippen LogP contribution >= 0.6 is 22.8 Å². The zero-order valence-electron chi connectivity index (χ0n) is 8.48. The molecule has 18 heavy (non-hydrogen) atoms. The molecule has 0 heterocycles. The van der Waals surface area contributed by atoms with E-state index in [1.54, 1.807) is 0 Å². The van der Waals surface area contributed by atoms with Crippen LogP contribution in [0.3, 0.4) is 0 Å². The van der Waals surface area contributed by atoms with Gasteiger partial charge in [0.05, 0.1) is 15.9 Å². The van der Waals surface area contributed by atoms with Gasteiger partial charge in [0.1, 0.15) is 0 Å². The van der Waals surface area contributed by atoms with E-state index in [0.717, 1.165) is 6.07 Å². The van der Waals surface area contributed by atoms with Gasteiger partial charge in [0.15, 0.2) is 0 Å². The van der Waals surface area contributed by atoms with Crippen LogP contribution in [0.25, 0.3) is 0 Å². The highest BCUT2D eigenvalue weighted by Crippen LogP contribution is 2.43. The first-order valence-electron chi connectivity index (χ1n) is 4.16. The van der Waals surface area contributed by atoms with E-state index in [9.17, 15) is 13.7 Å². The second-order valence-corrected chi connectivity index (χ2v) is 7.95. The quantitative estimate of drug-likeness (QED) is 0.348. The lowest BCUT2D eigenvalue weighted by Crippen LogP contribution is -2.37. The molecule has 1 aromatic rings. The molecule has 0 aromatic heterocycles. The van der Waals surface area contributed by atoms with Crippen molar-refractivity contribution in [3.8, 4) is 0 Å². The largest absolute Gasteiger partial charge is 0.358 e. The van der Waals surface area contributed by atoms with Crippen LogP contribution in [0.5, 0.6) is 0 Å². The highest BCUT2D eigenvalue weighted by atomic mass is 31.2.